The van der Waals surface area contributed by atoms with E-state index in [-0.39, 0.29) is 16.7 Å². The zero-order chi connectivity index (χ0) is 20.7. The SMILES string of the molecule is NC1CCN(Cc2cc([N+](=O)[O-])c3cncc(-c4cc5ccccc5o4)c3c2)CC1. The van der Waals surface area contributed by atoms with Gasteiger partial charge in [0.15, 0.2) is 0 Å². The molecule has 0 unspecified atom stereocenters. The van der Waals surface area contributed by atoms with E-state index in [1.165, 1.54) is 0 Å². The Labute approximate surface area is 173 Å². The van der Waals surface area contributed by atoms with Crippen molar-refractivity contribution in [3.05, 3.63) is 70.5 Å². The average Bonchev–Trinajstić information content (AvgIpc) is 3.18. The summed E-state index contributed by atoms with van der Waals surface area (Å²) in [5.74, 6) is 0.657. The molecule has 7 nitrogen and oxygen atoms in total. The van der Waals surface area contributed by atoms with Gasteiger partial charge in [-0.2, -0.15) is 0 Å². The van der Waals surface area contributed by atoms with Crippen LogP contribution in [0.4, 0.5) is 5.69 Å². The molecule has 4 aromatic rings. The van der Waals surface area contributed by atoms with E-state index in [9.17, 15) is 10.1 Å². The van der Waals surface area contributed by atoms with Crippen LogP contribution < -0.4 is 5.73 Å². The minimum atomic E-state index is -0.331. The minimum absolute atomic E-state index is 0.0710. The summed E-state index contributed by atoms with van der Waals surface area (Å²) < 4.78 is 6.03. The largest absolute Gasteiger partial charge is 0.456 e. The van der Waals surface area contributed by atoms with Crippen LogP contribution in [-0.4, -0.2) is 33.9 Å². The summed E-state index contributed by atoms with van der Waals surface area (Å²) in [5, 5.41) is 14.1. The Balaban J connectivity index is 1.62. The summed E-state index contributed by atoms with van der Waals surface area (Å²) >= 11 is 0. The first-order valence-electron chi connectivity index (χ1n) is 10.1. The molecule has 5 rings (SSSR count). The van der Waals surface area contributed by atoms with Crippen LogP contribution in [0.5, 0.6) is 0 Å². The number of benzene rings is 2. The Kier molecular flexibility index (Phi) is 4.69. The van der Waals surface area contributed by atoms with E-state index in [4.69, 9.17) is 10.2 Å². The molecule has 1 aliphatic rings. The van der Waals surface area contributed by atoms with Gasteiger partial charge in [-0.1, -0.05) is 18.2 Å². The van der Waals surface area contributed by atoms with Crippen molar-refractivity contribution >= 4 is 27.4 Å². The molecule has 0 aliphatic carbocycles. The summed E-state index contributed by atoms with van der Waals surface area (Å²) in [5.41, 5.74) is 8.53. The fraction of sp³-hybridized carbons (Fsp3) is 0.261. The maximum atomic E-state index is 11.8. The Morgan fingerprint density at radius 2 is 1.93 bits per heavy atom. The molecule has 1 aliphatic heterocycles. The monoisotopic (exact) mass is 402 g/mol. The number of para-hydroxylation sites is 1. The zero-order valence-corrected chi connectivity index (χ0v) is 16.5. The second kappa shape index (κ2) is 7.51. The van der Waals surface area contributed by atoms with Gasteiger partial charge in [0.1, 0.15) is 11.3 Å². The summed E-state index contributed by atoms with van der Waals surface area (Å²) in [6.45, 7) is 2.46. The Hall–Kier alpha value is -3.29. The van der Waals surface area contributed by atoms with Crippen molar-refractivity contribution in [1.29, 1.82) is 0 Å². The molecule has 152 valence electrons. The molecule has 0 amide bonds. The molecule has 2 aromatic heterocycles. The molecule has 1 fully saturated rings. The van der Waals surface area contributed by atoms with E-state index >= 15 is 0 Å². The number of non-ortho nitro benzene ring substituents is 1. The highest BCUT2D eigenvalue weighted by Crippen LogP contribution is 2.36. The van der Waals surface area contributed by atoms with Crippen molar-refractivity contribution in [3.8, 4) is 11.3 Å². The molecule has 2 aromatic carbocycles. The number of likely N-dealkylation sites (tertiary alicyclic amines) is 1. The van der Waals surface area contributed by atoms with Crippen LogP contribution in [0.15, 0.2) is 59.3 Å². The summed E-state index contributed by atoms with van der Waals surface area (Å²) in [6.07, 6.45) is 5.17. The maximum Gasteiger partial charge on any atom is 0.279 e. The van der Waals surface area contributed by atoms with E-state index in [0.717, 1.165) is 53.4 Å². The molecule has 0 atom stereocenters. The molecule has 30 heavy (non-hydrogen) atoms. The summed E-state index contributed by atoms with van der Waals surface area (Å²) in [4.78, 5) is 18.1. The van der Waals surface area contributed by atoms with Gasteiger partial charge in [-0.25, -0.2) is 0 Å². The average molecular weight is 402 g/mol. The van der Waals surface area contributed by atoms with Crippen LogP contribution in [0.2, 0.25) is 0 Å². The van der Waals surface area contributed by atoms with Crippen molar-refractivity contribution in [2.24, 2.45) is 5.73 Å². The van der Waals surface area contributed by atoms with Crippen LogP contribution in [0.25, 0.3) is 33.1 Å². The number of hydrogen-bond donors (Lipinski definition) is 1. The third-order valence-corrected chi connectivity index (χ3v) is 5.84. The highest BCUT2D eigenvalue weighted by atomic mass is 16.6. The number of nitrogens with two attached hydrogens (primary N) is 1. The van der Waals surface area contributed by atoms with Gasteiger partial charge in [0, 0.05) is 47.4 Å². The van der Waals surface area contributed by atoms with Gasteiger partial charge in [-0.05, 0) is 49.7 Å². The van der Waals surface area contributed by atoms with Crippen LogP contribution in [-0.2, 0) is 6.54 Å². The van der Waals surface area contributed by atoms with Gasteiger partial charge in [0.25, 0.3) is 5.69 Å². The second-order valence-electron chi connectivity index (χ2n) is 7.92. The number of hydrogen-bond acceptors (Lipinski definition) is 6. The number of nitro groups is 1. The van der Waals surface area contributed by atoms with Gasteiger partial charge < -0.3 is 10.2 Å². The van der Waals surface area contributed by atoms with Crippen molar-refractivity contribution in [3.63, 3.8) is 0 Å². The standard InChI is InChI=1S/C23H22N4O3/c24-17-5-7-26(8-6-17)14-15-9-18-19(21(10-15)27(28)29)12-25-13-20(18)23-11-16-3-1-2-4-22(16)30-23/h1-4,9-13,17H,5-8,14,24H2. The molecule has 1 saturated heterocycles. The number of fused-ring (bicyclic) bond motifs is 2. The van der Waals surface area contributed by atoms with Crippen molar-refractivity contribution in [1.82, 2.24) is 9.88 Å². The molecular weight excluding hydrogens is 380 g/mol. The lowest BCUT2D eigenvalue weighted by Crippen LogP contribution is -2.39. The number of nitrogens with zero attached hydrogens (tertiary/aromatic N) is 3. The molecular formula is C23H22N4O3. The summed E-state index contributed by atoms with van der Waals surface area (Å²) in [6, 6.07) is 13.7. The van der Waals surface area contributed by atoms with E-state index in [0.29, 0.717) is 17.7 Å². The smallest absolute Gasteiger partial charge is 0.279 e. The van der Waals surface area contributed by atoms with Crippen molar-refractivity contribution in [2.45, 2.75) is 25.4 Å². The lowest BCUT2D eigenvalue weighted by atomic mass is 10.00. The zero-order valence-electron chi connectivity index (χ0n) is 16.5. The highest BCUT2D eigenvalue weighted by molar-refractivity contribution is 6.01. The Morgan fingerprint density at radius 1 is 1.13 bits per heavy atom. The van der Waals surface area contributed by atoms with Gasteiger partial charge in [-0.3, -0.25) is 20.0 Å². The molecule has 0 saturated carbocycles. The van der Waals surface area contributed by atoms with Gasteiger partial charge in [0.2, 0.25) is 0 Å². The van der Waals surface area contributed by atoms with Crippen LogP contribution >= 0.6 is 0 Å². The Bertz CT molecular complexity index is 1210. The molecule has 2 N–H and O–H groups in total. The normalized spacial score (nSPS) is 15.8. The van der Waals surface area contributed by atoms with E-state index in [1.807, 2.05) is 36.4 Å². The lowest BCUT2D eigenvalue weighted by molar-refractivity contribution is -0.383. The number of rotatable bonds is 4. The van der Waals surface area contributed by atoms with Crippen LogP contribution in [0, 0.1) is 10.1 Å². The van der Waals surface area contributed by atoms with Crippen LogP contribution in [0.1, 0.15) is 18.4 Å². The molecule has 0 bridgehead atoms. The highest BCUT2D eigenvalue weighted by Gasteiger charge is 2.21. The summed E-state index contributed by atoms with van der Waals surface area (Å²) in [7, 11) is 0. The number of furan rings is 1. The van der Waals surface area contributed by atoms with Crippen molar-refractivity contribution in [2.75, 3.05) is 13.1 Å². The number of nitro benzene ring substituents is 1. The fourth-order valence-electron chi connectivity index (χ4n) is 4.23. The fourth-order valence-corrected chi connectivity index (χ4v) is 4.23. The van der Waals surface area contributed by atoms with Gasteiger partial charge in [-0.15, -0.1) is 0 Å². The second-order valence-corrected chi connectivity index (χ2v) is 7.92. The molecule has 0 spiro atoms. The predicted octanol–water partition coefficient (Wildman–Crippen LogP) is 4.48. The predicted molar refractivity (Wildman–Crippen MR) is 116 cm³/mol. The third kappa shape index (κ3) is 3.42. The Morgan fingerprint density at radius 3 is 2.70 bits per heavy atom. The third-order valence-electron chi connectivity index (χ3n) is 5.84. The number of pyridine rings is 1. The quantitative estimate of drug-likeness (QED) is 0.399. The van der Waals surface area contributed by atoms with E-state index in [2.05, 4.69) is 9.88 Å². The minimum Gasteiger partial charge on any atom is -0.456 e. The first-order chi connectivity index (χ1) is 14.6. The van der Waals surface area contributed by atoms with Crippen LogP contribution in [0.3, 0.4) is 0 Å². The molecule has 7 heteroatoms. The maximum absolute atomic E-state index is 11.8. The first-order valence-corrected chi connectivity index (χ1v) is 10.1. The first kappa shape index (κ1) is 18.7. The topological polar surface area (TPSA) is 98.4 Å². The number of aromatic nitrogens is 1. The van der Waals surface area contributed by atoms with E-state index < -0.39 is 0 Å². The lowest BCUT2D eigenvalue weighted by Gasteiger charge is -2.30. The molecule has 3 heterocycles. The molecule has 0 radical (unpaired) electrons. The number of piperidine rings is 1. The van der Waals surface area contributed by atoms with Gasteiger partial charge in [0.05, 0.1) is 10.3 Å². The van der Waals surface area contributed by atoms with Crippen molar-refractivity contribution < 1.29 is 9.34 Å². The van der Waals surface area contributed by atoms with E-state index in [1.54, 1.807) is 18.5 Å². The van der Waals surface area contributed by atoms with Gasteiger partial charge >= 0.3 is 0 Å².